The normalized spacial score (nSPS) is 18.0. The molecular formula is C33H39N7. The first kappa shape index (κ1) is 26.6. The minimum atomic E-state index is 0.331. The maximum Gasteiger partial charge on any atom is 0.182 e. The quantitative estimate of drug-likeness (QED) is 0.302. The zero-order valence-corrected chi connectivity index (χ0v) is 23.2. The summed E-state index contributed by atoms with van der Waals surface area (Å²) < 4.78 is 2.09. The van der Waals surface area contributed by atoms with E-state index in [0.29, 0.717) is 6.04 Å². The fourth-order valence-electron chi connectivity index (χ4n) is 5.93. The van der Waals surface area contributed by atoms with Crippen LogP contribution in [0.15, 0.2) is 91.0 Å². The van der Waals surface area contributed by atoms with Crippen molar-refractivity contribution in [2.75, 3.05) is 45.8 Å². The van der Waals surface area contributed by atoms with Crippen LogP contribution in [0.4, 0.5) is 0 Å². The van der Waals surface area contributed by atoms with E-state index in [1.54, 1.807) is 0 Å². The number of nitrogens with zero attached hydrogens (tertiary/aromatic N) is 7. The lowest BCUT2D eigenvalue weighted by atomic mass is 10.0. The molecule has 1 aromatic heterocycles. The number of benzene rings is 3. The van der Waals surface area contributed by atoms with Crippen LogP contribution in [0.2, 0.25) is 0 Å². The Labute approximate surface area is 237 Å². The SMILES string of the molecule is C(=Cc1ccccc1)CN1CCN(Cc2ccccc2-c2nnnn2C2CCN(Cc3ccccc3)CC2)CC1. The summed E-state index contributed by atoms with van der Waals surface area (Å²) in [6.07, 6.45) is 6.63. The number of likely N-dealkylation sites (tertiary alicyclic amines) is 1. The molecule has 4 aromatic rings. The highest BCUT2D eigenvalue weighted by atomic mass is 15.6. The maximum atomic E-state index is 4.53. The highest BCUT2D eigenvalue weighted by Gasteiger charge is 2.26. The largest absolute Gasteiger partial charge is 0.299 e. The van der Waals surface area contributed by atoms with Crippen molar-refractivity contribution in [2.24, 2.45) is 0 Å². The highest BCUT2D eigenvalue weighted by molar-refractivity contribution is 5.60. The van der Waals surface area contributed by atoms with Gasteiger partial charge in [-0.25, -0.2) is 4.68 Å². The minimum absolute atomic E-state index is 0.331. The lowest BCUT2D eigenvalue weighted by Gasteiger charge is -2.34. The number of piperidine rings is 1. The molecule has 7 nitrogen and oxygen atoms in total. The summed E-state index contributed by atoms with van der Waals surface area (Å²) in [6.45, 7) is 9.36. The van der Waals surface area contributed by atoms with Crippen LogP contribution in [0, 0.1) is 0 Å². The standard InChI is InChI=1S/C33H39N7/c1-3-10-28(11-4-1)14-9-19-37-22-24-39(25-23-37)27-30-15-7-8-16-32(30)33-34-35-36-40(33)31-17-20-38(21-18-31)26-29-12-5-2-6-13-29/h1-16,31H,17-27H2. The number of hydrogen-bond donors (Lipinski definition) is 0. The van der Waals surface area contributed by atoms with Crippen LogP contribution in [0.3, 0.4) is 0 Å². The Balaban J connectivity index is 1.05. The minimum Gasteiger partial charge on any atom is -0.299 e. The van der Waals surface area contributed by atoms with Crippen LogP contribution < -0.4 is 0 Å². The summed E-state index contributed by atoms with van der Waals surface area (Å²) in [7, 11) is 0. The highest BCUT2D eigenvalue weighted by Crippen LogP contribution is 2.29. The molecule has 3 heterocycles. The third-order valence-electron chi connectivity index (χ3n) is 8.24. The van der Waals surface area contributed by atoms with Gasteiger partial charge in [-0.1, -0.05) is 97.1 Å². The Kier molecular flexibility index (Phi) is 8.72. The molecule has 6 rings (SSSR count). The Hall–Kier alpha value is -3.65. The molecule has 2 saturated heterocycles. The van der Waals surface area contributed by atoms with Gasteiger partial charge >= 0.3 is 0 Å². The zero-order valence-electron chi connectivity index (χ0n) is 23.2. The molecule has 0 bridgehead atoms. The van der Waals surface area contributed by atoms with Crippen molar-refractivity contribution in [3.8, 4) is 11.4 Å². The molecule has 0 atom stereocenters. The van der Waals surface area contributed by atoms with Gasteiger partial charge in [-0.3, -0.25) is 14.7 Å². The third-order valence-corrected chi connectivity index (χ3v) is 8.24. The molecule has 0 saturated carbocycles. The van der Waals surface area contributed by atoms with Gasteiger partial charge in [0.1, 0.15) is 0 Å². The van der Waals surface area contributed by atoms with E-state index in [1.165, 1.54) is 16.7 Å². The Morgan fingerprint density at radius 3 is 2.10 bits per heavy atom. The smallest absolute Gasteiger partial charge is 0.182 e. The van der Waals surface area contributed by atoms with Gasteiger partial charge in [-0.05, 0) is 40.0 Å². The average molecular weight is 534 g/mol. The van der Waals surface area contributed by atoms with Crippen molar-refractivity contribution < 1.29 is 0 Å². The van der Waals surface area contributed by atoms with Crippen LogP contribution in [0.25, 0.3) is 17.5 Å². The van der Waals surface area contributed by atoms with E-state index < -0.39 is 0 Å². The number of hydrogen-bond acceptors (Lipinski definition) is 6. The van der Waals surface area contributed by atoms with E-state index in [1.807, 2.05) is 0 Å². The van der Waals surface area contributed by atoms with E-state index in [9.17, 15) is 0 Å². The number of rotatable bonds is 9. The second kappa shape index (κ2) is 13.1. The number of aromatic nitrogens is 4. The fourth-order valence-corrected chi connectivity index (χ4v) is 5.93. The molecule has 3 aromatic carbocycles. The first-order chi connectivity index (χ1) is 19.8. The molecule has 0 radical (unpaired) electrons. The van der Waals surface area contributed by atoms with E-state index >= 15 is 0 Å². The number of piperazine rings is 1. The monoisotopic (exact) mass is 533 g/mol. The predicted molar refractivity (Wildman–Crippen MR) is 160 cm³/mol. The molecule has 2 fully saturated rings. The second-order valence-electron chi connectivity index (χ2n) is 11.0. The van der Waals surface area contributed by atoms with Gasteiger partial charge in [0.05, 0.1) is 6.04 Å². The summed E-state index contributed by atoms with van der Waals surface area (Å²) in [5.74, 6) is 0.904. The Morgan fingerprint density at radius 1 is 0.675 bits per heavy atom. The topological polar surface area (TPSA) is 53.3 Å². The van der Waals surface area contributed by atoms with Crippen LogP contribution >= 0.6 is 0 Å². The van der Waals surface area contributed by atoms with Crippen molar-refractivity contribution in [1.29, 1.82) is 0 Å². The molecule has 0 amide bonds. The van der Waals surface area contributed by atoms with Gasteiger partial charge in [-0.2, -0.15) is 0 Å². The van der Waals surface area contributed by atoms with Crippen molar-refractivity contribution in [3.63, 3.8) is 0 Å². The average Bonchev–Trinajstić information content (AvgIpc) is 3.50. The third kappa shape index (κ3) is 6.73. The van der Waals surface area contributed by atoms with Gasteiger partial charge in [0, 0.05) is 64.5 Å². The van der Waals surface area contributed by atoms with E-state index in [-0.39, 0.29) is 0 Å². The molecule has 0 unspecified atom stereocenters. The van der Waals surface area contributed by atoms with Gasteiger partial charge in [-0.15, -0.1) is 5.10 Å². The van der Waals surface area contributed by atoms with Crippen LogP contribution in [0.5, 0.6) is 0 Å². The summed E-state index contributed by atoms with van der Waals surface area (Å²) in [4.78, 5) is 7.64. The lowest BCUT2D eigenvalue weighted by molar-refractivity contribution is 0.137. The van der Waals surface area contributed by atoms with Crippen LogP contribution in [-0.2, 0) is 13.1 Å². The first-order valence-corrected chi connectivity index (χ1v) is 14.6. The summed E-state index contributed by atoms with van der Waals surface area (Å²) in [6, 6.07) is 30.3. The molecule has 7 heteroatoms. The first-order valence-electron chi connectivity index (χ1n) is 14.6. The maximum absolute atomic E-state index is 4.53. The number of tetrazole rings is 1. The molecule has 0 aliphatic carbocycles. The summed E-state index contributed by atoms with van der Waals surface area (Å²) in [5.41, 5.74) is 5.10. The van der Waals surface area contributed by atoms with Crippen LogP contribution in [0.1, 0.15) is 35.6 Å². The van der Waals surface area contributed by atoms with Gasteiger partial charge < -0.3 is 0 Å². The Bertz CT molecular complexity index is 1350. The molecule has 2 aliphatic heterocycles. The molecular weight excluding hydrogens is 494 g/mol. The zero-order chi connectivity index (χ0) is 27.0. The van der Waals surface area contributed by atoms with Crippen molar-refractivity contribution in [3.05, 3.63) is 108 Å². The molecule has 0 spiro atoms. The van der Waals surface area contributed by atoms with Crippen LogP contribution in [-0.4, -0.2) is 80.7 Å². The summed E-state index contributed by atoms with van der Waals surface area (Å²) >= 11 is 0. The van der Waals surface area contributed by atoms with Crippen molar-refractivity contribution in [2.45, 2.75) is 32.0 Å². The van der Waals surface area contributed by atoms with E-state index in [0.717, 1.165) is 83.1 Å². The van der Waals surface area contributed by atoms with Crippen molar-refractivity contribution >= 4 is 6.08 Å². The van der Waals surface area contributed by atoms with Gasteiger partial charge in [0.15, 0.2) is 5.82 Å². The lowest BCUT2D eigenvalue weighted by Crippen LogP contribution is -2.45. The molecule has 206 valence electrons. The van der Waals surface area contributed by atoms with E-state index in [4.69, 9.17) is 0 Å². The molecule has 2 aliphatic rings. The van der Waals surface area contributed by atoms with E-state index in [2.05, 4.69) is 132 Å². The second-order valence-corrected chi connectivity index (χ2v) is 11.0. The van der Waals surface area contributed by atoms with Gasteiger partial charge in [0.2, 0.25) is 0 Å². The Morgan fingerprint density at radius 2 is 1.32 bits per heavy atom. The van der Waals surface area contributed by atoms with Crippen molar-refractivity contribution in [1.82, 2.24) is 34.9 Å². The van der Waals surface area contributed by atoms with Gasteiger partial charge in [0.25, 0.3) is 0 Å². The predicted octanol–water partition coefficient (Wildman–Crippen LogP) is 5.01. The molecule has 40 heavy (non-hydrogen) atoms. The summed E-state index contributed by atoms with van der Waals surface area (Å²) in [5, 5.41) is 13.1. The molecule has 0 N–H and O–H groups in total. The fraction of sp³-hybridized carbons (Fsp3) is 0.364.